The lowest BCUT2D eigenvalue weighted by molar-refractivity contribution is -0.137. The SMILES string of the molecule is COc1cc2[nH]c(=O)n(CCC(=O)N3CCN(c4cccc(C(F)(F)F)c4)CC3)c(=O)c2cc1OC. The number of alkyl halides is 3. The molecule has 12 heteroatoms. The van der Waals surface area contributed by atoms with Crippen LogP contribution in [0.1, 0.15) is 12.0 Å². The van der Waals surface area contributed by atoms with E-state index in [0.717, 1.165) is 16.7 Å². The largest absolute Gasteiger partial charge is 0.493 e. The van der Waals surface area contributed by atoms with Gasteiger partial charge in [0.1, 0.15) is 0 Å². The molecule has 1 aromatic heterocycles. The van der Waals surface area contributed by atoms with E-state index in [0.29, 0.717) is 43.4 Å². The van der Waals surface area contributed by atoms with Crippen molar-refractivity contribution in [2.75, 3.05) is 45.3 Å². The van der Waals surface area contributed by atoms with Crippen molar-refractivity contribution >= 4 is 22.5 Å². The molecule has 0 unspecified atom stereocenters. The van der Waals surface area contributed by atoms with Gasteiger partial charge in [-0.1, -0.05) is 6.07 Å². The van der Waals surface area contributed by atoms with E-state index in [2.05, 4.69) is 4.98 Å². The van der Waals surface area contributed by atoms with E-state index < -0.39 is 23.0 Å². The van der Waals surface area contributed by atoms with Crippen LogP contribution in [0.5, 0.6) is 11.5 Å². The van der Waals surface area contributed by atoms with Crippen LogP contribution < -0.4 is 25.6 Å². The average molecular weight is 506 g/mol. The number of benzene rings is 2. The second-order valence-corrected chi connectivity index (χ2v) is 8.31. The number of nitrogens with zero attached hydrogens (tertiary/aromatic N) is 3. The van der Waals surface area contributed by atoms with Crippen LogP contribution in [0.2, 0.25) is 0 Å². The number of H-pyrrole nitrogens is 1. The van der Waals surface area contributed by atoms with E-state index in [-0.39, 0.29) is 29.8 Å². The Balaban J connectivity index is 1.42. The van der Waals surface area contributed by atoms with Crippen LogP contribution in [0, 0.1) is 0 Å². The first kappa shape index (κ1) is 25.1. The number of anilines is 1. The number of nitrogens with one attached hydrogen (secondary N) is 1. The smallest absolute Gasteiger partial charge is 0.416 e. The summed E-state index contributed by atoms with van der Waals surface area (Å²) < 4.78 is 50.4. The number of ether oxygens (including phenoxy) is 2. The molecule has 0 bridgehead atoms. The molecule has 9 nitrogen and oxygen atoms in total. The number of methoxy groups -OCH3 is 2. The molecule has 4 rings (SSSR count). The second-order valence-electron chi connectivity index (χ2n) is 8.31. The minimum atomic E-state index is -4.43. The first-order chi connectivity index (χ1) is 17.1. The van der Waals surface area contributed by atoms with Crippen LogP contribution >= 0.6 is 0 Å². The van der Waals surface area contributed by atoms with Crippen LogP contribution in [0.3, 0.4) is 0 Å². The van der Waals surface area contributed by atoms with Gasteiger partial charge >= 0.3 is 11.9 Å². The zero-order valence-electron chi connectivity index (χ0n) is 19.7. The number of rotatable bonds is 6. The minimum Gasteiger partial charge on any atom is -0.493 e. The minimum absolute atomic E-state index is 0.0780. The summed E-state index contributed by atoms with van der Waals surface area (Å²) in [6, 6.07) is 8.05. The molecule has 36 heavy (non-hydrogen) atoms. The fourth-order valence-corrected chi connectivity index (χ4v) is 4.24. The molecule has 0 spiro atoms. The topological polar surface area (TPSA) is 96.9 Å². The zero-order chi connectivity index (χ0) is 26.0. The van der Waals surface area contributed by atoms with Crippen molar-refractivity contribution in [1.29, 1.82) is 0 Å². The molecule has 0 atom stereocenters. The Morgan fingerprint density at radius 3 is 2.31 bits per heavy atom. The molecule has 3 aromatic rings. The maximum Gasteiger partial charge on any atom is 0.416 e. The average Bonchev–Trinajstić information content (AvgIpc) is 2.87. The maximum absolute atomic E-state index is 13.0. The Morgan fingerprint density at radius 1 is 1.00 bits per heavy atom. The predicted molar refractivity (Wildman–Crippen MR) is 127 cm³/mol. The van der Waals surface area contributed by atoms with Crippen molar-refractivity contribution < 1.29 is 27.4 Å². The van der Waals surface area contributed by atoms with E-state index in [1.807, 2.05) is 0 Å². The summed E-state index contributed by atoms with van der Waals surface area (Å²) in [6.45, 7) is 1.24. The molecule has 1 amide bonds. The van der Waals surface area contributed by atoms with Crippen molar-refractivity contribution in [1.82, 2.24) is 14.5 Å². The fraction of sp³-hybridized carbons (Fsp3) is 0.375. The van der Waals surface area contributed by atoms with Gasteiger partial charge in [-0.2, -0.15) is 13.2 Å². The molecule has 192 valence electrons. The summed E-state index contributed by atoms with van der Waals surface area (Å²) >= 11 is 0. The van der Waals surface area contributed by atoms with Crippen LogP contribution in [-0.2, 0) is 17.5 Å². The van der Waals surface area contributed by atoms with Gasteiger partial charge in [0.25, 0.3) is 5.56 Å². The first-order valence-corrected chi connectivity index (χ1v) is 11.2. The third-order valence-corrected chi connectivity index (χ3v) is 6.21. The number of hydrogen-bond donors (Lipinski definition) is 1. The Morgan fingerprint density at radius 2 is 1.67 bits per heavy atom. The van der Waals surface area contributed by atoms with Crippen LogP contribution in [0.25, 0.3) is 10.9 Å². The number of amides is 1. The number of piperazine rings is 1. The molecule has 1 aliphatic rings. The summed E-state index contributed by atoms with van der Waals surface area (Å²) in [6.07, 6.45) is -4.50. The van der Waals surface area contributed by atoms with Gasteiger partial charge in [-0.3, -0.25) is 14.2 Å². The lowest BCUT2D eigenvalue weighted by Gasteiger charge is -2.36. The molecule has 1 N–H and O–H groups in total. The van der Waals surface area contributed by atoms with Gasteiger partial charge in [0.15, 0.2) is 11.5 Å². The predicted octanol–water partition coefficient (Wildman–Crippen LogP) is 2.46. The van der Waals surface area contributed by atoms with E-state index in [9.17, 15) is 27.6 Å². The number of aromatic nitrogens is 2. The highest BCUT2D eigenvalue weighted by Crippen LogP contribution is 2.32. The molecule has 0 aliphatic carbocycles. The number of aromatic amines is 1. The number of carbonyl (C=O) groups excluding carboxylic acids is 1. The quantitative estimate of drug-likeness (QED) is 0.552. The van der Waals surface area contributed by atoms with Crippen molar-refractivity contribution in [3.05, 3.63) is 62.8 Å². The van der Waals surface area contributed by atoms with Crippen LogP contribution in [-0.4, -0.2) is 60.8 Å². The third-order valence-electron chi connectivity index (χ3n) is 6.21. The normalized spacial score (nSPS) is 14.2. The Hall–Kier alpha value is -3.96. The maximum atomic E-state index is 13.0. The zero-order valence-corrected chi connectivity index (χ0v) is 19.7. The Bertz CT molecular complexity index is 1390. The Labute approximate surface area is 203 Å². The molecule has 2 heterocycles. The van der Waals surface area contributed by atoms with Gasteiger partial charge in [-0.05, 0) is 24.3 Å². The second kappa shape index (κ2) is 9.96. The van der Waals surface area contributed by atoms with Crippen LogP contribution in [0.4, 0.5) is 18.9 Å². The number of hydrogen-bond acceptors (Lipinski definition) is 6. The highest BCUT2D eigenvalue weighted by molar-refractivity contribution is 5.81. The lowest BCUT2D eigenvalue weighted by atomic mass is 10.1. The van der Waals surface area contributed by atoms with Gasteiger partial charge in [0, 0.05) is 50.9 Å². The summed E-state index contributed by atoms with van der Waals surface area (Å²) in [5.74, 6) is 0.435. The van der Waals surface area contributed by atoms with Crippen molar-refractivity contribution in [2.24, 2.45) is 0 Å². The Kier molecular flexibility index (Phi) is 6.95. The van der Waals surface area contributed by atoms with Crippen molar-refractivity contribution in [3.63, 3.8) is 0 Å². The number of carbonyl (C=O) groups is 1. The van der Waals surface area contributed by atoms with Gasteiger partial charge in [-0.25, -0.2) is 4.79 Å². The molecular weight excluding hydrogens is 481 g/mol. The lowest BCUT2D eigenvalue weighted by Crippen LogP contribution is -2.49. The summed E-state index contributed by atoms with van der Waals surface area (Å²) in [4.78, 5) is 44.2. The van der Waals surface area contributed by atoms with Gasteiger partial charge < -0.3 is 24.3 Å². The van der Waals surface area contributed by atoms with Gasteiger partial charge in [0.2, 0.25) is 5.91 Å². The number of fused-ring (bicyclic) bond motifs is 1. The number of halogens is 3. The van der Waals surface area contributed by atoms with Gasteiger partial charge in [0.05, 0.1) is 30.7 Å². The first-order valence-electron chi connectivity index (χ1n) is 11.2. The molecule has 1 saturated heterocycles. The van der Waals surface area contributed by atoms with Crippen LogP contribution in [0.15, 0.2) is 46.0 Å². The highest BCUT2D eigenvalue weighted by Gasteiger charge is 2.31. The molecule has 0 radical (unpaired) electrons. The molecule has 1 aliphatic heterocycles. The fourth-order valence-electron chi connectivity index (χ4n) is 4.24. The standard InChI is InChI=1S/C24H25F3N4O5/c1-35-19-13-17-18(14-20(19)36-2)28-23(34)31(22(17)33)7-6-21(32)30-10-8-29(9-11-30)16-5-3-4-15(12-16)24(25,26)27/h3-5,12-14H,6-11H2,1-2H3,(H,28,34). The van der Waals surface area contributed by atoms with Gasteiger partial charge in [-0.15, -0.1) is 0 Å². The summed E-state index contributed by atoms with van der Waals surface area (Å²) in [5, 5.41) is 0.217. The highest BCUT2D eigenvalue weighted by atomic mass is 19.4. The summed E-state index contributed by atoms with van der Waals surface area (Å²) in [5.41, 5.74) is -1.20. The van der Waals surface area contributed by atoms with E-state index in [4.69, 9.17) is 9.47 Å². The van der Waals surface area contributed by atoms with Crippen molar-refractivity contribution in [3.8, 4) is 11.5 Å². The molecular formula is C24H25F3N4O5. The molecule has 0 saturated carbocycles. The summed E-state index contributed by atoms with van der Waals surface area (Å²) in [7, 11) is 2.87. The van der Waals surface area contributed by atoms with E-state index >= 15 is 0 Å². The monoisotopic (exact) mass is 506 g/mol. The molecule has 1 fully saturated rings. The van der Waals surface area contributed by atoms with E-state index in [1.54, 1.807) is 15.9 Å². The van der Waals surface area contributed by atoms with Crippen molar-refractivity contribution in [2.45, 2.75) is 19.1 Å². The van der Waals surface area contributed by atoms with E-state index in [1.165, 1.54) is 32.4 Å². The third kappa shape index (κ3) is 5.02. The molecule has 2 aromatic carbocycles.